The minimum Gasteiger partial charge on any atom is -0.394 e. The lowest BCUT2D eigenvalue weighted by Gasteiger charge is -2.51. The Bertz CT molecular complexity index is 1860. The van der Waals surface area contributed by atoms with Crippen LogP contribution in [0, 0.1) is 5.92 Å². The Hall–Kier alpha value is -2.62. The Balaban J connectivity index is 1.50. The Kier molecular flexibility index (Phi) is 27.6. The lowest BCUT2D eigenvalue weighted by Crippen LogP contribution is -2.71. The molecule has 3 amide bonds. The van der Waals surface area contributed by atoms with Crippen LogP contribution in [0.2, 0.25) is 0 Å². The van der Waals surface area contributed by atoms with Crippen molar-refractivity contribution in [1.82, 2.24) is 21.3 Å². The molecule has 4 aliphatic heterocycles. The van der Waals surface area contributed by atoms with Crippen LogP contribution in [0.3, 0.4) is 0 Å². The summed E-state index contributed by atoms with van der Waals surface area (Å²) in [6, 6.07) is -5.94. The molecule has 20 atom stereocenters. The zero-order valence-electron chi connectivity index (χ0n) is 43.8. The summed E-state index contributed by atoms with van der Waals surface area (Å²) in [5.74, 6) is -2.57. The number of rotatable bonds is 30. The lowest BCUT2D eigenvalue weighted by molar-refractivity contribution is -0.361. The third-order valence-corrected chi connectivity index (χ3v) is 14.1. The number of aliphatic hydroxyl groups is 8. The number of amides is 3. The number of unbranched alkanes of at least 4 members (excludes halogenated alkanes) is 9. The van der Waals surface area contributed by atoms with Gasteiger partial charge in [0.15, 0.2) is 25.2 Å². The molecule has 4 aliphatic rings. The normalized spacial score (nSPS) is 36.6. The van der Waals surface area contributed by atoms with E-state index in [-0.39, 0.29) is 12.3 Å². The fraction of sp³-hybridized carbons (Fsp3) is 0.896. The fourth-order valence-electron chi connectivity index (χ4n) is 9.76. The van der Waals surface area contributed by atoms with Crippen molar-refractivity contribution >= 4 is 28.1 Å². The first-order valence-corrected chi connectivity index (χ1v) is 27.6. The average Bonchev–Trinajstić information content (AvgIpc) is 3.34. The summed E-state index contributed by atoms with van der Waals surface area (Å²) in [6.45, 7) is 6.03. The highest BCUT2D eigenvalue weighted by molar-refractivity contribution is 7.80. The molecule has 4 fully saturated rings. The summed E-state index contributed by atoms with van der Waals surface area (Å²) in [7, 11) is -5.12. The molecule has 26 nitrogen and oxygen atoms in total. The number of aliphatic hydroxyl groups excluding tert-OH is 8. The molecule has 0 radical (unpaired) electrons. The van der Waals surface area contributed by atoms with Crippen LogP contribution in [0.5, 0.6) is 0 Å². The van der Waals surface area contributed by atoms with Crippen molar-refractivity contribution in [3.05, 3.63) is 12.2 Å². The van der Waals surface area contributed by atoms with Crippen molar-refractivity contribution in [3.63, 3.8) is 0 Å². The maximum atomic E-state index is 13.4. The zero-order valence-corrected chi connectivity index (χ0v) is 44.6. The van der Waals surface area contributed by atoms with Crippen molar-refractivity contribution in [2.24, 2.45) is 5.92 Å². The number of nitrogens with one attached hydrogen (secondary N) is 4. The third kappa shape index (κ3) is 19.6. The molecule has 4 saturated heterocycles. The second kappa shape index (κ2) is 31.8. The molecule has 4 heterocycles. The van der Waals surface area contributed by atoms with Gasteiger partial charge in [-0.3, -0.25) is 18.9 Å². The van der Waals surface area contributed by atoms with Gasteiger partial charge in [-0.2, -0.15) is 8.42 Å². The van der Waals surface area contributed by atoms with E-state index in [0.29, 0.717) is 6.42 Å². The third-order valence-electron chi connectivity index (χ3n) is 13.7. The quantitative estimate of drug-likeness (QED) is 0.0211. The minimum atomic E-state index is -5.12. The second-order valence-corrected chi connectivity index (χ2v) is 21.2. The van der Waals surface area contributed by atoms with Gasteiger partial charge in [0.2, 0.25) is 17.7 Å². The maximum absolute atomic E-state index is 13.4. The molecule has 0 saturated carbocycles. The Labute approximate surface area is 439 Å². The molecule has 0 aromatic rings. The van der Waals surface area contributed by atoms with E-state index >= 15 is 0 Å². The number of hydrogen-bond donors (Lipinski definition) is 13. The zero-order chi connectivity index (χ0) is 55.6. The Morgan fingerprint density at radius 3 is 1.56 bits per heavy atom. The molecule has 17 unspecified atom stereocenters. The van der Waals surface area contributed by atoms with Crippen LogP contribution in [-0.4, -0.2) is 220 Å². The van der Waals surface area contributed by atoms with Crippen molar-refractivity contribution in [3.8, 4) is 0 Å². The van der Waals surface area contributed by atoms with E-state index in [9.17, 15) is 68.2 Å². The van der Waals surface area contributed by atoms with Gasteiger partial charge in [-0.15, -0.1) is 0 Å². The SMILES string of the molecule is CCCCCC/C=C\CCCCCCCC(=O)NC1C(O[C@@H]2C(CO)OC(OC3C(CO)OC(O[C@@H]4C(COS(=O)(=O)O)OC(O)C(NC(C)=O)C4O)C(NC(C)=O)C3O)C(NC(C)C)C2O)OC(CO)C(O)[C@@H]1C. The predicted octanol–water partition coefficient (Wildman–Crippen LogP) is -1.97. The summed E-state index contributed by atoms with van der Waals surface area (Å²) in [5.41, 5.74) is 0. The van der Waals surface area contributed by atoms with Gasteiger partial charge in [0, 0.05) is 32.2 Å². The van der Waals surface area contributed by atoms with E-state index in [1.165, 1.54) is 25.7 Å². The highest BCUT2D eigenvalue weighted by Gasteiger charge is 2.56. The van der Waals surface area contributed by atoms with Crippen molar-refractivity contribution < 1.29 is 106 Å². The monoisotopic (exact) mass is 1100 g/mol. The summed E-state index contributed by atoms with van der Waals surface area (Å²) in [5, 5.41) is 99.5. The highest BCUT2D eigenvalue weighted by atomic mass is 32.3. The molecule has 13 N–H and O–H groups in total. The highest BCUT2D eigenvalue weighted by Crippen LogP contribution is 2.35. The fourth-order valence-corrected chi connectivity index (χ4v) is 10.1. The van der Waals surface area contributed by atoms with Crippen LogP contribution in [-0.2, 0) is 62.1 Å². The van der Waals surface area contributed by atoms with Gasteiger partial charge in [-0.1, -0.05) is 78.4 Å². The van der Waals surface area contributed by atoms with E-state index in [4.69, 9.17) is 33.2 Å². The van der Waals surface area contributed by atoms with E-state index in [1.807, 2.05) is 0 Å². The molecule has 0 spiro atoms. The second-order valence-electron chi connectivity index (χ2n) is 20.1. The van der Waals surface area contributed by atoms with E-state index in [0.717, 1.165) is 52.4 Å². The van der Waals surface area contributed by atoms with Crippen LogP contribution < -0.4 is 21.3 Å². The van der Waals surface area contributed by atoms with Crippen LogP contribution in [0.1, 0.15) is 119 Å². The summed E-state index contributed by atoms with van der Waals surface area (Å²) in [6.07, 6.45) is -8.13. The number of carbonyl (C=O) groups is 3. The molecule has 0 bridgehead atoms. The number of ether oxygens (including phenoxy) is 7. The van der Waals surface area contributed by atoms with Gasteiger partial charge in [-0.05, 0) is 32.1 Å². The predicted molar refractivity (Wildman–Crippen MR) is 263 cm³/mol. The van der Waals surface area contributed by atoms with E-state index in [1.54, 1.807) is 20.8 Å². The van der Waals surface area contributed by atoms with Crippen LogP contribution in [0.15, 0.2) is 12.2 Å². The molecule has 4 rings (SSSR count). The first-order valence-electron chi connectivity index (χ1n) is 26.2. The minimum absolute atomic E-state index is 0.175. The number of allylic oxidation sites excluding steroid dienone is 2. The van der Waals surface area contributed by atoms with Gasteiger partial charge in [0.25, 0.3) is 0 Å². The number of carbonyl (C=O) groups excluding carboxylic acids is 3. The topological polar surface area (TPSA) is 389 Å². The van der Waals surface area contributed by atoms with Crippen LogP contribution in [0.4, 0.5) is 0 Å². The summed E-state index contributed by atoms with van der Waals surface area (Å²) in [4.78, 5) is 38.0. The van der Waals surface area contributed by atoms with Crippen LogP contribution in [0.25, 0.3) is 0 Å². The van der Waals surface area contributed by atoms with Gasteiger partial charge >= 0.3 is 10.4 Å². The Morgan fingerprint density at radius 1 is 0.587 bits per heavy atom. The molecule has 436 valence electrons. The van der Waals surface area contributed by atoms with Gasteiger partial charge in [-0.25, -0.2) is 4.18 Å². The van der Waals surface area contributed by atoms with Crippen LogP contribution >= 0.6 is 0 Å². The van der Waals surface area contributed by atoms with Gasteiger partial charge in [0.1, 0.15) is 73.1 Å². The standard InChI is InChI=1S/C48H86N4O22S/c1-7-8-9-10-11-12-13-14-15-16-17-18-19-20-33(58)52-34-26(4)38(59)29(21-53)69-46(34)72-42-30(22-54)70-47(36(40(42)61)49-25(2)3)73-43-31(23-55)71-48(37(41(43)62)51-28(6)57)74-44-32(24-67-75(64,65)66)68-45(63)35(39(44)60)50-27(5)56/h12-13,25-26,29-32,34-49,53-55,59-63H,7-11,14-24H2,1-6H3,(H,50,56)(H,51,57)(H,52,58)(H,64,65,66)/b13-12-/t26-,29?,30?,31?,32?,34?,35?,36?,37?,38?,39?,40?,41?,42-,43?,44-,45?,46?,47?,48?/m1/s1. The smallest absolute Gasteiger partial charge is 0.394 e. The molecule has 75 heavy (non-hydrogen) atoms. The van der Waals surface area contributed by atoms with Crippen molar-refractivity contribution in [1.29, 1.82) is 0 Å². The van der Waals surface area contributed by atoms with E-state index < -0.39 is 177 Å². The average molecular weight is 1100 g/mol. The lowest BCUT2D eigenvalue weighted by atomic mass is 9.88. The largest absolute Gasteiger partial charge is 0.397 e. The maximum Gasteiger partial charge on any atom is 0.397 e. The Morgan fingerprint density at radius 2 is 1.04 bits per heavy atom. The van der Waals surface area contributed by atoms with E-state index in [2.05, 4.69) is 44.5 Å². The van der Waals surface area contributed by atoms with Crippen molar-refractivity contribution in [2.45, 2.75) is 241 Å². The molecule has 0 aliphatic carbocycles. The first-order chi connectivity index (χ1) is 35.5. The first kappa shape index (κ1) is 64.9. The molecule has 0 aromatic heterocycles. The summed E-state index contributed by atoms with van der Waals surface area (Å²) >= 11 is 0. The van der Waals surface area contributed by atoms with Gasteiger partial charge in [0.05, 0.1) is 44.6 Å². The van der Waals surface area contributed by atoms with Crippen molar-refractivity contribution in [2.75, 3.05) is 26.4 Å². The summed E-state index contributed by atoms with van der Waals surface area (Å²) < 4.78 is 79.1. The van der Waals surface area contributed by atoms with Gasteiger partial charge < -0.3 is 95.3 Å². The molecule has 27 heteroatoms. The number of hydrogen-bond acceptors (Lipinski definition) is 22. The molecular formula is C48H86N4O22S. The molecular weight excluding hydrogens is 1020 g/mol. The molecule has 0 aromatic carbocycles.